The summed E-state index contributed by atoms with van der Waals surface area (Å²) in [5.74, 6) is 0.986. The molecule has 35 heavy (non-hydrogen) atoms. The first-order chi connectivity index (χ1) is 17.0. The van der Waals surface area contributed by atoms with E-state index in [1.54, 1.807) is 11.9 Å². The Morgan fingerprint density at radius 1 is 1.14 bits per heavy atom. The number of hydrogen-bond donors (Lipinski definition) is 1. The Bertz CT molecular complexity index is 1050. The van der Waals surface area contributed by atoms with Crippen LogP contribution in [0.4, 0.5) is 5.69 Å². The first-order valence-corrected chi connectivity index (χ1v) is 13.2. The number of rotatable bonds is 3. The topological polar surface area (TPSA) is 53.0 Å². The van der Waals surface area contributed by atoms with Crippen molar-refractivity contribution in [2.45, 2.75) is 57.5 Å². The van der Waals surface area contributed by atoms with Crippen LogP contribution >= 0.6 is 11.6 Å². The number of halogens is 1. The molecule has 6 heteroatoms. The third-order valence-electron chi connectivity index (χ3n) is 7.04. The molecule has 188 valence electrons. The summed E-state index contributed by atoms with van der Waals surface area (Å²) in [7, 11) is 1.79. The van der Waals surface area contributed by atoms with Crippen molar-refractivity contribution >= 4 is 23.2 Å². The number of nitrogens with zero attached hydrogens (tertiary/aromatic N) is 2. The van der Waals surface area contributed by atoms with E-state index in [0.717, 1.165) is 67.2 Å². The Balaban J connectivity index is 1.66. The monoisotopic (exact) mass is 496 g/mol. The molecule has 2 atom stereocenters. The van der Waals surface area contributed by atoms with Crippen molar-refractivity contribution in [3.63, 3.8) is 0 Å². The fourth-order valence-corrected chi connectivity index (χ4v) is 5.23. The fraction of sp³-hybridized carbons (Fsp3) is 0.483. The number of aryl methyl sites for hydroxylation is 1. The third kappa shape index (κ3) is 6.39. The molecule has 2 aliphatic heterocycles. The highest BCUT2D eigenvalue weighted by Crippen LogP contribution is 2.38. The fourth-order valence-electron chi connectivity index (χ4n) is 5.03. The third-order valence-corrected chi connectivity index (χ3v) is 7.28. The van der Waals surface area contributed by atoms with E-state index in [0.29, 0.717) is 13.2 Å². The molecule has 1 amide bonds. The molecule has 0 spiro atoms. The van der Waals surface area contributed by atoms with Gasteiger partial charge < -0.3 is 19.6 Å². The molecule has 0 fully saturated rings. The summed E-state index contributed by atoms with van der Waals surface area (Å²) in [5.41, 5.74) is 4.35. The Morgan fingerprint density at radius 3 is 2.83 bits per heavy atom. The van der Waals surface area contributed by atoms with Crippen molar-refractivity contribution in [1.29, 1.82) is 0 Å². The van der Waals surface area contributed by atoms with Gasteiger partial charge in [-0.3, -0.25) is 4.79 Å². The molecule has 2 bridgehead atoms. The van der Waals surface area contributed by atoms with Gasteiger partial charge in [-0.05, 0) is 66.6 Å². The zero-order valence-corrected chi connectivity index (χ0v) is 21.6. The van der Waals surface area contributed by atoms with E-state index in [1.165, 1.54) is 11.1 Å². The van der Waals surface area contributed by atoms with Crippen LogP contribution in [0.3, 0.4) is 0 Å². The van der Waals surface area contributed by atoms with E-state index in [2.05, 4.69) is 30.0 Å². The lowest BCUT2D eigenvalue weighted by atomic mass is 9.92. The number of allylic oxidation sites excluding steroid dienone is 1. The SMILES string of the molecule is CCCc1cc(Cl)ccc1C1COc2ccc3cc2N(CCCC/C=C/CN(C)C(=O)CC3O)C1. The van der Waals surface area contributed by atoms with E-state index in [1.807, 2.05) is 30.3 Å². The highest BCUT2D eigenvalue weighted by atomic mass is 35.5. The minimum atomic E-state index is -0.849. The number of carbonyl (C=O) groups is 1. The van der Waals surface area contributed by atoms with Crippen LogP contribution in [0.1, 0.15) is 67.7 Å². The van der Waals surface area contributed by atoms with E-state index in [4.69, 9.17) is 16.3 Å². The molecule has 0 saturated carbocycles. The summed E-state index contributed by atoms with van der Waals surface area (Å²) in [5, 5.41) is 11.7. The molecule has 5 nitrogen and oxygen atoms in total. The van der Waals surface area contributed by atoms with Gasteiger partial charge in [0.15, 0.2) is 0 Å². The van der Waals surface area contributed by atoms with Crippen LogP contribution < -0.4 is 9.64 Å². The maximum absolute atomic E-state index is 12.6. The summed E-state index contributed by atoms with van der Waals surface area (Å²) in [6, 6.07) is 12.1. The van der Waals surface area contributed by atoms with Gasteiger partial charge in [-0.1, -0.05) is 49.2 Å². The highest BCUT2D eigenvalue weighted by molar-refractivity contribution is 6.30. The molecule has 2 aromatic carbocycles. The van der Waals surface area contributed by atoms with Crippen LogP contribution in [0.2, 0.25) is 5.02 Å². The lowest BCUT2D eigenvalue weighted by Crippen LogP contribution is -2.30. The molecule has 2 aliphatic rings. The maximum Gasteiger partial charge on any atom is 0.225 e. The smallest absolute Gasteiger partial charge is 0.225 e. The van der Waals surface area contributed by atoms with Crippen LogP contribution in [0.5, 0.6) is 5.75 Å². The number of carbonyl (C=O) groups excluding carboxylic acids is 1. The van der Waals surface area contributed by atoms with Crippen LogP contribution in [-0.4, -0.2) is 49.2 Å². The summed E-state index contributed by atoms with van der Waals surface area (Å²) in [6.45, 7) is 5.10. The number of hydrogen-bond acceptors (Lipinski definition) is 4. The molecule has 2 aromatic rings. The number of aliphatic hydroxyl groups is 1. The average molecular weight is 497 g/mol. The van der Waals surface area contributed by atoms with Gasteiger partial charge in [0, 0.05) is 37.6 Å². The molecule has 0 aliphatic carbocycles. The van der Waals surface area contributed by atoms with E-state index in [9.17, 15) is 9.90 Å². The summed E-state index contributed by atoms with van der Waals surface area (Å²) in [4.78, 5) is 16.7. The number of benzene rings is 2. The second kappa shape index (κ2) is 12.0. The predicted octanol–water partition coefficient (Wildman–Crippen LogP) is 5.90. The molecular formula is C29H37ClN2O3. The minimum Gasteiger partial charge on any atom is -0.491 e. The van der Waals surface area contributed by atoms with Crippen molar-refractivity contribution in [1.82, 2.24) is 4.90 Å². The molecule has 1 N–H and O–H groups in total. The zero-order valence-electron chi connectivity index (χ0n) is 20.9. The molecular weight excluding hydrogens is 460 g/mol. The second-order valence-electron chi connectivity index (χ2n) is 9.74. The van der Waals surface area contributed by atoms with Crippen molar-refractivity contribution in [2.75, 3.05) is 38.2 Å². The van der Waals surface area contributed by atoms with E-state index >= 15 is 0 Å². The van der Waals surface area contributed by atoms with Crippen LogP contribution in [-0.2, 0) is 11.2 Å². The number of likely N-dealkylation sites (N-methyl/N-ethyl adjacent to an activating group) is 1. The van der Waals surface area contributed by atoms with E-state index in [-0.39, 0.29) is 18.2 Å². The number of anilines is 1. The zero-order chi connectivity index (χ0) is 24.8. The number of fused-ring (bicyclic) bond motifs is 1. The van der Waals surface area contributed by atoms with Crippen LogP contribution in [0.15, 0.2) is 48.6 Å². The number of ether oxygens (including phenoxy) is 1. The second-order valence-corrected chi connectivity index (χ2v) is 10.2. The number of amides is 1. The Labute approximate surface area is 214 Å². The van der Waals surface area contributed by atoms with Crippen LogP contribution in [0.25, 0.3) is 0 Å². The molecule has 4 rings (SSSR count). The van der Waals surface area contributed by atoms with Crippen molar-refractivity contribution in [2.24, 2.45) is 0 Å². The molecule has 0 aromatic heterocycles. The first kappa shape index (κ1) is 25.6. The van der Waals surface area contributed by atoms with Gasteiger partial charge in [-0.25, -0.2) is 0 Å². The maximum atomic E-state index is 12.6. The Morgan fingerprint density at radius 2 is 2.00 bits per heavy atom. The average Bonchev–Trinajstić information content (AvgIpc) is 3.02. The van der Waals surface area contributed by atoms with Crippen molar-refractivity contribution in [3.05, 3.63) is 70.3 Å². The normalized spacial score (nSPS) is 22.6. The lowest BCUT2D eigenvalue weighted by Gasteiger charge is -2.28. The van der Waals surface area contributed by atoms with Gasteiger partial charge in [0.05, 0.1) is 24.8 Å². The summed E-state index contributed by atoms with van der Waals surface area (Å²) < 4.78 is 6.36. The lowest BCUT2D eigenvalue weighted by molar-refractivity contribution is -0.131. The number of aliphatic hydroxyl groups excluding tert-OH is 1. The van der Waals surface area contributed by atoms with Gasteiger partial charge in [0.2, 0.25) is 5.91 Å². The highest BCUT2D eigenvalue weighted by Gasteiger charge is 2.27. The quantitative estimate of drug-likeness (QED) is 0.538. The van der Waals surface area contributed by atoms with E-state index < -0.39 is 6.10 Å². The van der Waals surface area contributed by atoms with Gasteiger partial charge in [-0.15, -0.1) is 0 Å². The largest absolute Gasteiger partial charge is 0.491 e. The van der Waals surface area contributed by atoms with Gasteiger partial charge >= 0.3 is 0 Å². The van der Waals surface area contributed by atoms with Crippen molar-refractivity contribution in [3.8, 4) is 5.75 Å². The first-order valence-electron chi connectivity index (χ1n) is 12.8. The Kier molecular flexibility index (Phi) is 8.74. The summed E-state index contributed by atoms with van der Waals surface area (Å²) >= 11 is 6.33. The van der Waals surface area contributed by atoms with Crippen molar-refractivity contribution < 1.29 is 14.6 Å². The van der Waals surface area contributed by atoms with Gasteiger partial charge in [-0.2, -0.15) is 0 Å². The molecule has 0 radical (unpaired) electrons. The van der Waals surface area contributed by atoms with Gasteiger partial charge in [0.25, 0.3) is 0 Å². The van der Waals surface area contributed by atoms with Crippen LogP contribution in [0, 0.1) is 0 Å². The standard InChI is InChI=1S/C29H37ClN2O3/c1-3-9-21-16-24(30)11-12-25(21)23-19-32-15-8-6-4-5-7-14-31(2)29(34)18-27(33)22-10-13-28(35-20-23)26(32)17-22/h5,7,10-13,16-17,23,27,33H,3-4,6,8-9,14-15,18-20H2,1-2H3/b7-5+. The molecule has 2 heterocycles. The minimum absolute atomic E-state index is 0.0636. The molecule has 2 unspecified atom stereocenters. The Hall–Kier alpha value is -2.50. The predicted molar refractivity (Wildman–Crippen MR) is 143 cm³/mol. The summed E-state index contributed by atoms with van der Waals surface area (Å²) in [6.07, 6.45) is 8.60. The molecule has 0 saturated heterocycles. The van der Waals surface area contributed by atoms with Gasteiger partial charge in [0.1, 0.15) is 5.75 Å².